The molecule has 0 amide bonds. The molecule has 2 saturated heterocycles. The van der Waals surface area contributed by atoms with Crippen molar-refractivity contribution in [2.75, 3.05) is 13.2 Å². The third-order valence-electron chi connectivity index (χ3n) is 17.1. The summed E-state index contributed by atoms with van der Waals surface area (Å²) in [6.07, 6.45) is -6.34. The Bertz CT molecular complexity index is 1450. The van der Waals surface area contributed by atoms with Crippen LogP contribution in [0.4, 0.5) is 0 Å². The first-order chi connectivity index (χ1) is 25.9. The Morgan fingerprint density at radius 2 is 1.46 bits per heavy atom. The fourth-order valence-corrected chi connectivity index (χ4v) is 14.3. The molecule has 2 aliphatic heterocycles. The van der Waals surface area contributed by atoms with Crippen LogP contribution >= 0.6 is 0 Å². The summed E-state index contributed by atoms with van der Waals surface area (Å²) in [4.78, 5) is 12.2. The summed E-state index contributed by atoms with van der Waals surface area (Å²) in [6.45, 7) is 15.1. The SMILES string of the molecule is CC(=O)O[C@@H]1[C@@H](O[C@@H]2OC[C@H](O)[C@H](O)[C@H]2O)[C@H](O[C@H]2CC[C@]34C[C@]35CC[C@]3(C)[C@@H]([C@H](C)CC[C@@H](O)C(C)(C)O)[C@@H](O)C[C@@]3(C)[C@@H]5C[C@H](O)[C@H]4C2(C)C)OC[C@H]1O. The number of fused-ring (bicyclic) bond motifs is 2. The highest BCUT2D eigenvalue weighted by Gasteiger charge is 2.84. The first kappa shape index (κ1) is 43.1. The second kappa shape index (κ2) is 14.6. The number of hydrogen-bond donors (Lipinski definition) is 8. The van der Waals surface area contributed by atoms with E-state index in [4.69, 9.17) is 23.7 Å². The van der Waals surface area contributed by atoms with Gasteiger partial charge < -0.3 is 64.5 Å². The quantitative estimate of drug-likeness (QED) is 0.117. The molecule has 0 aromatic rings. The summed E-state index contributed by atoms with van der Waals surface area (Å²) in [5, 5.41) is 87.1. The third kappa shape index (κ3) is 6.54. The molecule has 2 spiro atoms. The number of ether oxygens (including phenoxy) is 5. The van der Waals surface area contributed by atoms with Gasteiger partial charge in [-0.2, -0.15) is 0 Å². The Hall–Kier alpha value is -1.01. The zero-order valence-corrected chi connectivity index (χ0v) is 34.5. The van der Waals surface area contributed by atoms with Crippen LogP contribution in [0.15, 0.2) is 0 Å². The van der Waals surface area contributed by atoms with Crippen LogP contribution in [0.25, 0.3) is 0 Å². The number of esters is 1. The van der Waals surface area contributed by atoms with Crippen molar-refractivity contribution in [3.8, 4) is 0 Å². The fourth-order valence-electron chi connectivity index (χ4n) is 14.3. The smallest absolute Gasteiger partial charge is 0.303 e. The zero-order chi connectivity index (χ0) is 41.1. The van der Waals surface area contributed by atoms with Crippen LogP contribution in [0.3, 0.4) is 0 Å². The Labute approximate surface area is 331 Å². The van der Waals surface area contributed by atoms with Crippen LogP contribution in [-0.2, 0) is 28.5 Å². The molecular formula is C42H70O14. The Balaban J connectivity index is 1.10. The van der Waals surface area contributed by atoms with Gasteiger partial charge in [0.15, 0.2) is 24.8 Å². The average molecular weight is 799 g/mol. The molecule has 0 unspecified atom stereocenters. The predicted molar refractivity (Wildman–Crippen MR) is 199 cm³/mol. The van der Waals surface area contributed by atoms with Crippen LogP contribution < -0.4 is 0 Å². The van der Waals surface area contributed by atoms with E-state index < -0.39 is 90.6 Å². The lowest BCUT2D eigenvalue weighted by Gasteiger charge is -2.64. The first-order valence-electron chi connectivity index (χ1n) is 21.2. The number of aliphatic hydroxyl groups excluding tert-OH is 7. The van der Waals surface area contributed by atoms with E-state index >= 15 is 0 Å². The maximum absolute atomic E-state index is 12.4. The van der Waals surface area contributed by atoms with Crippen LogP contribution in [0.1, 0.15) is 113 Å². The molecule has 5 aliphatic carbocycles. The molecule has 0 radical (unpaired) electrons. The number of carbonyl (C=O) groups is 1. The molecule has 0 bridgehead atoms. The van der Waals surface area contributed by atoms with E-state index in [0.29, 0.717) is 32.1 Å². The van der Waals surface area contributed by atoms with E-state index in [2.05, 4.69) is 34.6 Å². The van der Waals surface area contributed by atoms with Crippen molar-refractivity contribution in [1.29, 1.82) is 0 Å². The molecule has 0 aromatic heterocycles. The summed E-state index contributed by atoms with van der Waals surface area (Å²) < 4.78 is 29.9. The molecular weight excluding hydrogens is 728 g/mol. The lowest BCUT2D eigenvalue weighted by molar-refractivity contribution is -0.356. The van der Waals surface area contributed by atoms with Gasteiger partial charge >= 0.3 is 5.97 Å². The van der Waals surface area contributed by atoms with Gasteiger partial charge in [-0.1, -0.05) is 34.6 Å². The van der Waals surface area contributed by atoms with Crippen molar-refractivity contribution < 1.29 is 69.3 Å². The molecule has 7 aliphatic rings. The lowest BCUT2D eigenvalue weighted by Crippen LogP contribution is -2.64. The second-order valence-electron chi connectivity index (χ2n) is 20.9. The third-order valence-corrected chi connectivity index (χ3v) is 17.1. The summed E-state index contributed by atoms with van der Waals surface area (Å²) in [7, 11) is 0. The molecule has 5 saturated carbocycles. The maximum Gasteiger partial charge on any atom is 0.303 e. The lowest BCUT2D eigenvalue weighted by atomic mass is 9.41. The van der Waals surface area contributed by atoms with Gasteiger partial charge in [-0.3, -0.25) is 4.79 Å². The van der Waals surface area contributed by atoms with Crippen molar-refractivity contribution in [2.45, 2.75) is 192 Å². The standard InChI is InChI=1S/C42H70O14/c1-20(9-10-27(48)38(5,6)51)29-23(45)16-40(8)26-15-22(44)34-37(3,4)28(11-12-42(34)19-41(26,42)14-13-39(29,40)7)55-36-33(32(54-21(2)43)25(47)18-53-36)56-35-31(50)30(49)24(46)17-52-35/h20,22-36,44-51H,9-19H2,1-8H3/t20-,22+,23+,24+,25-,26+,27-,28+,29+,30+,31-,32+,33-,34+,35+,36+,39-,40+,41+,42-/m1/s1. The van der Waals surface area contributed by atoms with Gasteiger partial charge in [0.25, 0.3) is 0 Å². The monoisotopic (exact) mass is 798 g/mol. The summed E-state index contributed by atoms with van der Waals surface area (Å²) in [6, 6.07) is 0. The Morgan fingerprint density at radius 3 is 2.12 bits per heavy atom. The Morgan fingerprint density at radius 1 is 0.804 bits per heavy atom. The van der Waals surface area contributed by atoms with Crippen LogP contribution in [0, 0.1) is 50.7 Å². The molecule has 322 valence electrons. The van der Waals surface area contributed by atoms with E-state index in [1.165, 1.54) is 6.92 Å². The average Bonchev–Trinajstić information content (AvgIpc) is 3.69. The van der Waals surface area contributed by atoms with Crippen LogP contribution in [-0.4, -0.2) is 139 Å². The highest BCUT2D eigenvalue weighted by atomic mass is 16.8. The summed E-state index contributed by atoms with van der Waals surface area (Å²) >= 11 is 0. The van der Waals surface area contributed by atoms with Gasteiger partial charge in [-0.05, 0) is 122 Å². The summed E-state index contributed by atoms with van der Waals surface area (Å²) in [5.74, 6) is -0.356. The molecule has 2 heterocycles. The maximum atomic E-state index is 12.4. The van der Waals surface area contributed by atoms with E-state index in [9.17, 15) is 45.6 Å². The minimum Gasteiger partial charge on any atom is -0.457 e. The van der Waals surface area contributed by atoms with Crippen molar-refractivity contribution >= 4 is 5.97 Å². The van der Waals surface area contributed by atoms with Gasteiger partial charge in [-0.25, -0.2) is 0 Å². The normalized spacial score (nSPS) is 52.1. The fraction of sp³-hybridized carbons (Fsp3) is 0.976. The highest BCUT2D eigenvalue weighted by molar-refractivity contribution is 5.66. The number of aliphatic hydroxyl groups is 8. The van der Waals surface area contributed by atoms with Gasteiger partial charge in [0.2, 0.25) is 0 Å². The van der Waals surface area contributed by atoms with Gasteiger partial charge in [0, 0.05) is 6.92 Å². The molecule has 0 aromatic carbocycles. The number of hydrogen-bond acceptors (Lipinski definition) is 14. The van der Waals surface area contributed by atoms with E-state index in [-0.39, 0.29) is 58.5 Å². The van der Waals surface area contributed by atoms with Gasteiger partial charge in [-0.15, -0.1) is 0 Å². The van der Waals surface area contributed by atoms with E-state index in [1.807, 2.05) is 0 Å². The number of carbonyl (C=O) groups excluding carboxylic acids is 1. The summed E-state index contributed by atoms with van der Waals surface area (Å²) in [5.41, 5.74) is -2.18. The van der Waals surface area contributed by atoms with Crippen molar-refractivity contribution in [2.24, 2.45) is 50.7 Å². The molecule has 20 atom stereocenters. The molecule has 7 rings (SSSR count). The molecule has 14 nitrogen and oxygen atoms in total. The van der Waals surface area contributed by atoms with Gasteiger partial charge in [0.05, 0.1) is 43.2 Å². The molecule has 56 heavy (non-hydrogen) atoms. The zero-order valence-electron chi connectivity index (χ0n) is 34.5. The predicted octanol–water partition coefficient (Wildman–Crippen LogP) is 1.77. The minimum atomic E-state index is -1.64. The van der Waals surface area contributed by atoms with Crippen molar-refractivity contribution in [1.82, 2.24) is 0 Å². The van der Waals surface area contributed by atoms with Gasteiger partial charge in [0.1, 0.15) is 24.4 Å². The van der Waals surface area contributed by atoms with E-state index in [0.717, 1.165) is 25.7 Å². The largest absolute Gasteiger partial charge is 0.457 e. The minimum absolute atomic E-state index is 0.0275. The number of rotatable bonds is 10. The molecule has 14 heteroatoms. The van der Waals surface area contributed by atoms with E-state index in [1.54, 1.807) is 13.8 Å². The first-order valence-corrected chi connectivity index (χ1v) is 21.2. The van der Waals surface area contributed by atoms with Crippen molar-refractivity contribution in [3.63, 3.8) is 0 Å². The molecule has 7 fully saturated rings. The highest BCUT2D eigenvalue weighted by Crippen LogP contribution is 2.89. The van der Waals surface area contributed by atoms with Crippen LogP contribution in [0.2, 0.25) is 0 Å². The Kier molecular flexibility index (Phi) is 11.2. The van der Waals surface area contributed by atoms with Crippen molar-refractivity contribution in [3.05, 3.63) is 0 Å². The second-order valence-corrected chi connectivity index (χ2v) is 20.9. The molecule has 8 N–H and O–H groups in total. The van der Waals surface area contributed by atoms with Crippen LogP contribution in [0.5, 0.6) is 0 Å². The topological polar surface area (TPSA) is 225 Å².